The van der Waals surface area contributed by atoms with Gasteiger partial charge in [0.05, 0.1) is 23.0 Å². The number of aromatic nitrogens is 2. The summed E-state index contributed by atoms with van der Waals surface area (Å²) in [5.74, 6) is 0.622. The molecule has 0 aliphatic heterocycles. The van der Waals surface area contributed by atoms with Gasteiger partial charge in [0.15, 0.2) is 0 Å². The lowest BCUT2D eigenvalue weighted by atomic mass is 10.1. The molecule has 0 amide bonds. The number of aliphatic hydroxyl groups is 1. The second-order valence-corrected chi connectivity index (χ2v) is 6.34. The van der Waals surface area contributed by atoms with E-state index in [1.807, 2.05) is 18.2 Å². The van der Waals surface area contributed by atoms with E-state index in [0.717, 1.165) is 0 Å². The van der Waals surface area contributed by atoms with Gasteiger partial charge in [-0.3, -0.25) is 9.69 Å². The van der Waals surface area contributed by atoms with E-state index in [0.29, 0.717) is 29.8 Å². The molecule has 0 aliphatic rings. The Morgan fingerprint density at radius 2 is 2.00 bits per heavy atom. The second-order valence-electron chi connectivity index (χ2n) is 6.34. The van der Waals surface area contributed by atoms with Crippen LogP contribution in [0.3, 0.4) is 0 Å². The van der Waals surface area contributed by atoms with Crippen molar-refractivity contribution >= 4 is 10.9 Å². The van der Waals surface area contributed by atoms with Crippen LogP contribution in [-0.4, -0.2) is 38.2 Å². The minimum Gasteiger partial charge on any atom is -0.389 e. The molecule has 1 aromatic carbocycles. The summed E-state index contributed by atoms with van der Waals surface area (Å²) in [6.07, 6.45) is 0. The van der Waals surface area contributed by atoms with Crippen molar-refractivity contribution in [3.05, 3.63) is 40.4 Å². The van der Waals surface area contributed by atoms with Crippen LogP contribution in [-0.2, 0) is 6.54 Å². The number of hydrogen-bond donors (Lipinski definition) is 2. The van der Waals surface area contributed by atoms with Crippen LogP contribution in [0.2, 0.25) is 0 Å². The van der Waals surface area contributed by atoms with E-state index in [2.05, 4.69) is 28.7 Å². The Bertz CT molecular complexity index is 671. The third kappa shape index (κ3) is 4.12. The highest BCUT2D eigenvalue weighted by atomic mass is 16.3. The summed E-state index contributed by atoms with van der Waals surface area (Å²) >= 11 is 0. The van der Waals surface area contributed by atoms with E-state index in [9.17, 15) is 9.90 Å². The van der Waals surface area contributed by atoms with Gasteiger partial charge in [0.25, 0.3) is 5.56 Å². The summed E-state index contributed by atoms with van der Waals surface area (Å²) in [6, 6.07) is 7.54. The largest absolute Gasteiger partial charge is 0.389 e. The molecule has 0 bridgehead atoms. The number of aromatic amines is 1. The molecule has 2 rings (SSSR count). The number of rotatable bonds is 5. The number of para-hydroxylation sites is 1. The van der Waals surface area contributed by atoms with Crippen LogP contribution in [0.5, 0.6) is 0 Å². The van der Waals surface area contributed by atoms with Gasteiger partial charge in [-0.2, -0.15) is 0 Å². The molecule has 2 aromatic rings. The molecule has 0 fully saturated rings. The van der Waals surface area contributed by atoms with Crippen molar-refractivity contribution in [2.75, 3.05) is 6.54 Å². The van der Waals surface area contributed by atoms with Crippen molar-refractivity contribution in [3.8, 4) is 0 Å². The average Bonchev–Trinajstić information content (AvgIpc) is 2.36. The van der Waals surface area contributed by atoms with Crippen molar-refractivity contribution in [1.29, 1.82) is 0 Å². The fraction of sp³-hybridized carbons (Fsp3) is 0.500. The van der Waals surface area contributed by atoms with Crippen LogP contribution in [0, 0.1) is 0 Å². The zero-order chi connectivity index (χ0) is 15.6. The first kappa shape index (κ1) is 15.7. The lowest BCUT2D eigenvalue weighted by molar-refractivity contribution is 0.0216. The fourth-order valence-electron chi connectivity index (χ4n) is 2.32. The summed E-state index contributed by atoms with van der Waals surface area (Å²) < 4.78 is 0. The van der Waals surface area contributed by atoms with Crippen LogP contribution < -0.4 is 5.56 Å². The highest BCUT2D eigenvalue weighted by Gasteiger charge is 2.21. The van der Waals surface area contributed by atoms with Gasteiger partial charge in [-0.05, 0) is 39.8 Å². The quantitative estimate of drug-likeness (QED) is 0.882. The van der Waals surface area contributed by atoms with Gasteiger partial charge in [-0.15, -0.1) is 0 Å². The van der Waals surface area contributed by atoms with Crippen LogP contribution in [0.1, 0.15) is 33.5 Å². The lowest BCUT2D eigenvalue weighted by Crippen LogP contribution is -2.42. The normalized spacial score (nSPS) is 12.5. The fourth-order valence-corrected chi connectivity index (χ4v) is 2.32. The van der Waals surface area contributed by atoms with Gasteiger partial charge in [-0.1, -0.05) is 12.1 Å². The molecule has 0 atom stereocenters. The summed E-state index contributed by atoms with van der Waals surface area (Å²) in [6.45, 7) is 8.69. The molecule has 0 radical (unpaired) electrons. The molecule has 0 unspecified atom stereocenters. The maximum absolute atomic E-state index is 12.1. The Morgan fingerprint density at radius 1 is 1.33 bits per heavy atom. The minimum atomic E-state index is -0.790. The Labute approximate surface area is 124 Å². The van der Waals surface area contributed by atoms with E-state index in [1.54, 1.807) is 19.9 Å². The topological polar surface area (TPSA) is 69.2 Å². The highest BCUT2D eigenvalue weighted by Crippen LogP contribution is 2.12. The zero-order valence-corrected chi connectivity index (χ0v) is 13.1. The van der Waals surface area contributed by atoms with Crippen molar-refractivity contribution < 1.29 is 5.11 Å². The molecule has 0 aliphatic carbocycles. The van der Waals surface area contributed by atoms with Gasteiger partial charge in [-0.25, -0.2) is 4.98 Å². The Kier molecular flexibility index (Phi) is 4.44. The van der Waals surface area contributed by atoms with Gasteiger partial charge >= 0.3 is 0 Å². The maximum atomic E-state index is 12.1. The molecule has 0 saturated heterocycles. The summed E-state index contributed by atoms with van der Waals surface area (Å²) in [5, 5.41) is 10.6. The van der Waals surface area contributed by atoms with Crippen molar-refractivity contribution in [1.82, 2.24) is 14.9 Å². The molecule has 5 nitrogen and oxygen atoms in total. The van der Waals surface area contributed by atoms with Crippen molar-refractivity contribution in [2.24, 2.45) is 0 Å². The van der Waals surface area contributed by atoms with Crippen LogP contribution in [0.15, 0.2) is 29.1 Å². The molecule has 21 heavy (non-hydrogen) atoms. The van der Waals surface area contributed by atoms with Gasteiger partial charge in [0.1, 0.15) is 5.82 Å². The summed E-state index contributed by atoms with van der Waals surface area (Å²) in [5.41, 5.74) is -0.215. The van der Waals surface area contributed by atoms with Gasteiger partial charge < -0.3 is 10.1 Å². The predicted molar refractivity (Wildman–Crippen MR) is 84.2 cm³/mol. The second kappa shape index (κ2) is 5.95. The number of benzene rings is 1. The molecule has 2 N–H and O–H groups in total. The first-order chi connectivity index (χ1) is 9.76. The number of H-pyrrole nitrogens is 1. The van der Waals surface area contributed by atoms with Crippen LogP contribution in [0.25, 0.3) is 10.9 Å². The molecule has 0 spiro atoms. The molecule has 114 valence electrons. The van der Waals surface area contributed by atoms with Crippen LogP contribution >= 0.6 is 0 Å². The molecular weight excluding hydrogens is 266 g/mol. The average molecular weight is 289 g/mol. The Hall–Kier alpha value is -1.72. The Morgan fingerprint density at radius 3 is 2.62 bits per heavy atom. The van der Waals surface area contributed by atoms with Gasteiger partial charge in [0, 0.05) is 12.6 Å². The number of nitrogens with zero attached hydrogens (tertiary/aromatic N) is 2. The van der Waals surface area contributed by atoms with Crippen molar-refractivity contribution in [3.63, 3.8) is 0 Å². The zero-order valence-electron chi connectivity index (χ0n) is 13.1. The smallest absolute Gasteiger partial charge is 0.258 e. The SMILES string of the molecule is CC(C)N(Cc1nc2ccccc2c(=O)[nH]1)CC(C)(C)O. The van der Waals surface area contributed by atoms with Gasteiger partial charge in [0.2, 0.25) is 0 Å². The predicted octanol–water partition coefficient (Wildman–Crippen LogP) is 1.90. The maximum Gasteiger partial charge on any atom is 0.258 e. The standard InChI is InChI=1S/C16H23N3O2/c1-11(2)19(10-16(3,4)21)9-14-17-13-8-6-5-7-12(13)15(20)18-14/h5-8,11,21H,9-10H2,1-4H3,(H,17,18,20). The first-order valence-corrected chi connectivity index (χ1v) is 7.20. The lowest BCUT2D eigenvalue weighted by Gasteiger charge is -2.31. The van der Waals surface area contributed by atoms with E-state index >= 15 is 0 Å². The summed E-state index contributed by atoms with van der Waals surface area (Å²) in [7, 11) is 0. The summed E-state index contributed by atoms with van der Waals surface area (Å²) in [4.78, 5) is 21.5. The number of hydrogen-bond acceptors (Lipinski definition) is 4. The molecule has 0 saturated carbocycles. The Balaban J connectivity index is 2.31. The van der Waals surface area contributed by atoms with Crippen LogP contribution in [0.4, 0.5) is 0 Å². The first-order valence-electron chi connectivity index (χ1n) is 7.20. The molecule has 1 aromatic heterocycles. The molecular formula is C16H23N3O2. The monoisotopic (exact) mass is 289 g/mol. The molecule has 5 heteroatoms. The van der Waals surface area contributed by atoms with E-state index < -0.39 is 5.60 Å². The molecule has 1 heterocycles. The number of nitrogens with one attached hydrogen (secondary N) is 1. The van der Waals surface area contributed by atoms with Crippen molar-refractivity contribution in [2.45, 2.75) is 45.9 Å². The van der Waals surface area contributed by atoms with E-state index in [-0.39, 0.29) is 11.6 Å². The minimum absolute atomic E-state index is 0.123. The third-order valence-corrected chi connectivity index (χ3v) is 3.34. The van der Waals surface area contributed by atoms with E-state index in [4.69, 9.17) is 0 Å². The third-order valence-electron chi connectivity index (χ3n) is 3.34. The highest BCUT2D eigenvalue weighted by molar-refractivity contribution is 5.77. The number of fused-ring (bicyclic) bond motifs is 1. The van der Waals surface area contributed by atoms with E-state index in [1.165, 1.54) is 0 Å².